The molecule has 1 amide bonds. The number of carbonyl (C=O) groups excluding carboxylic acids is 3. The van der Waals surface area contributed by atoms with Crippen molar-refractivity contribution in [2.24, 2.45) is 11.7 Å². The van der Waals surface area contributed by atoms with Crippen molar-refractivity contribution in [3.63, 3.8) is 0 Å². The number of carboxylic acids is 2. The molecule has 18 nitrogen and oxygen atoms in total. The molecule has 0 radical (unpaired) electrons. The number of fused-ring (bicyclic) bond motifs is 1. The number of anilines is 1. The van der Waals surface area contributed by atoms with E-state index in [-0.39, 0.29) is 30.0 Å². The lowest BCUT2D eigenvalue weighted by Gasteiger charge is -2.21. The lowest BCUT2D eigenvalue weighted by molar-refractivity contribution is -0.175. The number of esters is 2. The molecular formula is C38H38N6O12. The number of amides is 1. The first kappa shape index (κ1) is 40.3. The van der Waals surface area contributed by atoms with Gasteiger partial charge in [-0.05, 0) is 61.7 Å². The summed E-state index contributed by atoms with van der Waals surface area (Å²) in [7, 11) is 1.56. The number of methoxy groups -OCH3 is 1. The average molecular weight is 771 g/mol. The molecule has 0 saturated carbocycles. The largest absolute Gasteiger partial charge is 0.497 e. The Morgan fingerprint density at radius 3 is 2.32 bits per heavy atom. The summed E-state index contributed by atoms with van der Waals surface area (Å²) >= 11 is 0. The smallest absolute Gasteiger partial charge is 0.336 e. The number of hydrogen-bond acceptors (Lipinski definition) is 13. The number of carbonyl (C=O) groups is 5. The van der Waals surface area contributed by atoms with Crippen LogP contribution >= 0.6 is 0 Å². The third-order valence-electron chi connectivity index (χ3n) is 8.68. The zero-order valence-electron chi connectivity index (χ0n) is 30.4. The van der Waals surface area contributed by atoms with Crippen molar-refractivity contribution in [3.05, 3.63) is 101 Å². The summed E-state index contributed by atoms with van der Waals surface area (Å²) in [6, 6.07) is 17.3. The van der Waals surface area contributed by atoms with Crippen LogP contribution in [0.4, 0.5) is 5.82 Å². The van der Waals surface area contributed by atoms with Crippen LogP contribution < -0.4 is 26.1 Å². The Kier molecular flexibility index (Phi) is 12.3. The molecular weight excluding hydrogens is 732 g/mol. The monoisotopic (exact) mass is 770 g/mol. The molecule has 2 aromatic carbocycles. The molecule has 56 heavy (non-hydrogen) atoms. The summed E-state index contributed by atoms with van der Waals surface area (Å²) in [5.41, 5.74) is 3.57. The Morgan fingerprint density at radius 1 is 0.964 bits per heavy atom. The molecule has 0 aliphatic rings. The maximum atomic E-state index is 13.9. The van der Waals surface area contributed by atoms with Gasteiger partial charge in [-0.25, -0.2) is 19.3 Å². The molecule has 0 fully saturated rings. The number of pyridine rings is 2. The number of carboxylic acid groups (broad SMARTS) is 2. The highest BCUT2D eigenvalue weighted by Crippen LogP contribution is 2.31. The maximum Gasteiger partial charge on any atom is 0.336 e. The highest BCUT2D eigenvalue weighted by Gasteiger charge is 2.42. The average Bonchev–Trinajstić information content (AvgIpc) is 3.39. The van der Waals surface area contributed by atoms with E-state index in [4.69, 9.17) is 20.3 Å². The molecule has 0 bridgehead atoms. The zero-order valence-corrected chi connectivity index (χ0v) is 30.4. The summed E-state index contributed by atoms with van der Waals surface area (Å²) in [5, 5.41) is 31.6. The number of benzene rings is 2. The number of hydrogen-bond donors (Lipinski definition) is 5. The predicted octanol–water partition coefficient (Wildman–Crippen LogP) is 3.05. The lowest BCUT2D eigenvalue weighted by Crippen LogP contribution is -2.44. The molecule has 0 aliphatic heterocycles. The molecule has 3 aromatic heterocycles. The maximum absolute atomic E-state index is 13.9. The van der Waals surface area contributed by atoms with Crippen molar-refractivity contribution in [2.45, 2.75) is 51.3 Å². The van der Waals surface area contributed by atoms with Crippen molar-refractivity contribution in [3.8, 4) is 22.9 Å². The molecule has 3 heterocycles. The van der Waals surface area contributed by atoms with Crippen molar-refractivity contribution < 1.29 is 53.5 Å². The van der Waals surface area contributed by atoms with Gasteiger partial charge in [-0.1, -0.05) is 25.1 Å². The second kappa shape index (κ2) is 17.0. The number of nitrogens with two attached hydrogens (primary N) is 1. The second-order valence-corrected chi connectivity index (χ2v) is 12.9. The van der Waals surface area contributed by atoms with Crippen molar-refractivity contribution in [2.75, 3.05) is 12.4 Å². The van der Waals surface area contributed by atoms with E-state index in [1.807, 2.05) is 6.07 Å². The number of aliphatic hydroxyl groups is 1. The molecule has 3 atom stereocenters. The molecule has 2 unspecified atom stereocenters. The third-order valence-corrected chi connectivity index (χ3v) is 8.68. The van der Waals surface area contributed by atoms with Gasteiger partial charge in [0.1, 0.15) is 34.7 Å². The standard InChI is InChI=1S/C38H38N6O12/c1-21(15-27(39)36(50)56-32(47)18-38(53,37(51)52)17-31(45)46)20-43-22(2)33(35(49)44(43)23-7-5-4-6-8-23)34(48)42-30-12-10-25(19-41-30)55-29-13-14-40-28-16-24(54-3)9-11-26(28)29/h4-14,16,19,21,27,53H,15,17-18,20,39H2,1-3H3,(H,45,46)(H,51,52)(H,41,42,48)/t21-,27?,38?/m0/s1. The summed E-state index contributed by atoms with van der Waals surface area (Å²) in [5.74, 6) is -5.94. The van der Waals surface area contributed by atoms with Gasteiger partial charge < -0.3 is 40.6 Å². The van der Waals surface area contributed by atoms with Gasteiger partial charge in [0.15, 0.2) is 5.60 Å². The molecule has 18 heteroatoms. The van der Waals surface area contributed by atoms with E-state index in [1.54, 1.807) is 86.4 Å². The van der Waals surface area contributed by atoms with Crippen LogP contribution in [0.5, 0.6) is 17.2 Å². The highest BCUT2D eigenvalue weighted by atomic mass is 16.6. The number of aliphatic carboxylic acids is 2. The number of ether oxygens (including phenoxy) is 3. The summed E-state index contributed by atoms with van der Waals surface area (Å²) in [4.78, 5) is 83.4. The molecule has 5 rings (SSSR count). The Labute approximate surface area is 318 Å². The number of para-hydroxylation sites is 1. The fraction of sp³-hybridized carbons (Fsp3) is 0.263. The Balaban J connectivity index is 1.30. The van der Waals surface area contributed by atoms with Crippen molar-refractivity contribution >= 4 is 46.5 Å². The number of nitrogens with one attached hydrogen (secondary N) is 1. The zero-order chi connectivity index (χ0) is 40.7. The van der Waals surface area contributed by atoms with E-state index < -0.39 is 65.7 Å². The molecule has 5 aromatic rings. The van der Waals surface area contributed by atoms with E-state index in [9.17, 15) is 39.0 Å². The fourth-order valence-electron chi connectivity index (χ4n) is 5.92. The summed E-state index contributed by atoms with van der Waals surface area (Å²) in [6.45, 7) is 3.33. The Bertz CT molecular complexity index is 2340. The highest BCUT2D eigenvalue weighted by molar-refractivity contribution is 6.04. The van der Waals surface area contributed by atoms with Crippen LogP contribution in [0.15, 0.2) is 83.9 Å². The molecule has 0 saturated heterocycles. The van der Waals surface area contributed by atoms with Gasteiger partial charge >= 0.3 is 23.9 Å². The van der Waals surface area contributed by atoms with Crippen LogP contribution in [0.3, 0.4) is 0 Å². The quantitative estimate of drug-likeness (QED) is 0.0713. The first-order chi connectivity index (χ1) is 26.6. The summed E-state index contributed by atoms with van der Waals surface area (Å²) < 4.78 is 18.8. The van der Waals surface area contributed by atoms with Gasteiger partial charge in [0.2, 0.25) is 0 Å². The third kappa shape index (κ3) is 9.23. The lowest BCUT2D eigenvalue weighted by atomic mass is 9.96. The van der Waals surface area contributed by atoms with Crippen LogP contribution in [0.1, 0.15) is 42.2 Å². The van der Waals surface area contributed by atoms with E-state index >= 15 is 0 Å². The van der Waals surface area contributed by atoms with Crippen molar-refractivity contribution in [1.29, 1.82) is 0 Å². The first-order valence-electron chi connectivity index (χ1n) is 17.0. The Morgan fingerprint density at radius 2 is 1.68 bits per heavy atom. The summed E-state index contributed by atoms with van der Waals surface area (Å²) in [6.07, 6.45) is 0.286. The van der Waals surface area contributed by atoms with Crippen LogP contribution in [0.2, 0.25) is 0 Å². The normalized spacial score (nSPS) is 13.2. The second-order valence-electron chi connectivity index (χ2n) is 12.9. The van der Waals surface area contributed by atoms with Crippen LogP contribution in [0, 0.1) is 12.8 Å². The molecule has 0 aliphatic carbocycles. The van der Waals surface area contributed by atoms with E-state index in [0.29, 0.717) is 28.5 Å². The SMILES string of the molecule is COc1ccc2c(Oc3ccc(NC(=O)c4c(C)n(C[C@@H](C)CC(N)C(=O)OC(=O)CC(O)(CC(=O)O)C(=O)O)n(-c5ccccc5)c4=O)nc3)ccnc2c1. The van der Waals surface area contributed by atoms with Gasteiger partial charge in [0, 0.05) is 24.2 Å². The first-order valence-corrected chi connectivity index (χ1v) is 17.0. The topological polar surface area (TPSA) is 264 Å². The fourth-order valence-corrected chi connectivity index (χ4v) is 5.92. The van der Waals surface area contributed by atoms with Crippen LogP contribution in [-0.2, 0) is 30.5 Å². The number of aromatic nitrogens is 4. The molecule has 0 spiro atoms. The van der Waals surface area contributed by atoms with E-state index in [1.165, 1.54) is 16.9 Å². The van der Waals surface area contributed by atoms with Crippen LogP contribution in [-0.4, -0.2) is 83.2 Å². The van der Waals surface area contributed by atoms with Gasteiger partial charge in [-0.2, -0.15) is 0 Å². The number of rotatable bonds is 16. The van der Waals surface area contributed by atoms with Gasteiger partial charge in [0.25, 0.3) is 11.5 Å². The minimum atomic E-state index is -3.00. The van der Waals surface area contributed by atoms with Gasteiger partial charge in [-0.15, -0.1) is 0 Å². The molecule has 6 N–H and O–H groups in total. The minimum Gasteiger partial charge on any atom is -0.497 e. The van der Waals surface area contributed by atoms with E-state index in [0.717, 1.165) is 5.39 Å². The minimum absolute atomic E-state index is 0.0519. The molecule has 292 valence electrons. The van der Waals surface area contributed by atoms with Gasteiger partial charge in [-0.3, -0.25) is 28.8 Å². The van der Waals surface area contributed by atoms with Crippen molar-refractivity contribution in [1.82, 2.24) is 19.3 Å². The van der Waals surface area contributed by atoms with Crippen LogP contribution in [0.25, 0.3) is 16.6 Å². The predicted molar refractivity (Wildman–Crippen MR) is 198 cm³/mol. The van der Waals surface area contributed by atoms with Gasteiger partial charge in [0.05, 0.1) is 43.0 Å². The van der Waals surface area contributed by atoms with E-state index in [2.05, 4.69) is 20.0 Å². The Hall–Kier alpha value is -6.92. The number of nitrogens with zero attached hydrogens (tertiary/aromatic N) is 4.